The molecular weight excluding hydrogens is 236 g/mol. The number of hydrogen-bond donors (Lipinski definition) is 1. The van der Waals surface area contributed by atoms with Crippen LogP contribution in [0.4, 0.5) is 0 Å². The molecule has 19 heavy (non-hydrogen) atoms. The highest BCUT2D eigenvalue weighted by Crippen LogP contribution is 2.29. The van der Waals surface area contributed by atoms with Gasteiger partial charge in [0.15, 0.2) is 0 Å². The van der Waals surface area contributed by atoms with E-state index in [-0.39, 0.29) is 0 Å². The molecule has 3 nitrogen and oxygen atoms in total. The van der Waals surface area contributed by atoms with Crippen LogP contribution in [0.3, 0.4) is 0 Å². The molecule has 3 heteroatoms. The maximum Gasteiger partial charge on any atom is 0.0622 e. The zero-order valence-corrected chi connectivity index (χ0v) is 12.4. The minimum absolute atomic E-state index is 0.315. The molecule has 0 bridgehead atoms. The molecule has 1 aliphatic heterocycles. The Morgan fingerprint density at radius 2 is 2.05 bits per heavy atom. The fourth-order valence-electron chi connectivity index (χ4n) is 3.20. The van der Waals surface area contributed by atoms with Gasteiger partial charge in [-0.3, -0.25) is 4.90 Å². The second-order valence-corrected chi connectivity index (χ2v) is 5.43. The Labute approximate surface area is 116 Å². The van der Waals surface area contributed by atoms with E-state index in [9.17, 15) is 0 Å². The van der Waals surface area contributed by atoms with Crippen molar-refractivity contribution >= 4 is 0 Å². The van der Waals surface area contributed by atoms with Gasteiger partial charge in [0.2, 0.25) is 0 Å². The van der Waals surface area contributed by atoms with Crippen molar-refractivity contribution in [2.24, 2.45) is 5.73 Å². The average molecular weight is 262 g/mol. The lowest BCUT2D eigenvalue weighted by Gasteiger charge is -2.41. The summed E-state index contributed by atoms with van der Waals surface area (Å²) in [6.45, 7) is 9.90. The molecule has 0 spiro atoms. The highest BCUT2D eigenvalue weighted by atomic mass is 16.5. The Morgan fingerprint density at radius 1 is 1.37 bits per heavy atom. The summed E-state index contributed by atoms with van der Waals surface area (Å²) >= 11 is 0. The van der Waals surface area contributed by atoms with Gasteiger partial charge in [-0.1, -0.05) is 25.1 Å². The maximum absolute atomic E-state index is 6.11. The van der Waals surface area contributed by atoms with Gasteiger partial charge in [0.1, 0.15) is 0 Å². The van der Waals surface area contributed by atoms with Crippen molar-refractivity contribution < 1.29 is 4.74 Å². The minimum Gasteiger partial charge on any atom is -0.378 e. The Morgan fingerprint density at radius 3 is 2.63 bits per heavy atom. The van der Waals surface area contributed by atoms with Crippen molar-refractivity contribution in [1.29, 1.82) is 0 Å². The summed E-state index contributed by atoms with van der Waals surface area (Å²) in [7, 11) is 0. The smallest absolute Gasteiger partial charge is 0.0622 e. The van der Waals surface area contributed by atoms with E-state index in [0.29, 0.717) is 18.6 Å². The predicted octanol–water partition coefficient (Wildman–Crippen LogP) is 2.41. The first-order valence-electron chi connectivity index (χ1n) is 7.28. The van der Waals surface area contributed by atoms with E-state index in [2.05, 4.69) is 43.9 Å². The van der Waals surface area contributed by atoms with E-state index in [1.54, 1.807) is 0 Å². The highest BCUT2D eigenvalue weighted by Gasteiger charge is 2.29. The third-order valence-corrected chi connectivity index (χ3v) is 4.24. The van der Waals surface area contributed by atoms with Gasteiger partial charge >= 0.3 is 0 Å². The Bertz CT molecular complexity index is 399. The van der Waals surface area contributed by atoms with Gasteiger partial charge in [-0.15, -0.1) is 0 Å². The molecule has 2 rings (SSSR count). The Hall–Kier alpha value is -0.900. The van der Waals surface area contributed by atoms with E-state index in [1.165, 1.54) is 16.7 Å². The molecule has 1 saturated heterocycles. The van der Waals surface area contributed by atoms with Crippen LogP contribution in [0.15, 0.2) is 18.2 Å². The lowest BCUT2D eigenvalue weighted by molar-refractivity contribution is -0.0293. The largest absolute Gasteiger partial charge is 0.378 e. The van der Waals surface area contributed by atoms with Crippen LogP contribution in [0, 0.1) is 13.8 Å². The molecule has 1 aromatic carbocycles. The van der Waals surface area contributed by atoms with Crippen LogP contribution in [-0.2, 0) is 4.74 Å². The Kier molecular flexibility index (Phi) is 4.97. The number of benzene rings is 1. The molecule has 0 aliphatic carbocycles. The first-order chi connectivity index (χ1) is 9.19. The van der Waals surface area contributed by atoms with Crippen molar-refractivity contribution in [3.05, 3.63) is 34.9 Å². The SMILES string of the molecule is CCC1COCCN1C(CN)c1c(C)cccc1C. The van der Waals surface area contributed by atoms with Gasteiger partial charge in [-0.25, -0.2) is 0 Å². The van der Waals surface area contributed by atoms with Crippen LogP contribution in [0.1, 0.15) is 36.1 Å². The van der Waals surface area contributed by atoms with Crippen molar-refractivity contribution in [1.82, 2.24) is 4.90 Å². The van der Waals surface area contributed by atoms with Gasteiger partial charge in [-0.2, -0.15) is 0 Å². The summed E-state index contributed by atoms with van der Waals surface area (Å²) in [5.74, 6) is 0. The summed E-state index contributed by atoms with van der Waals surface area (Å²) in [5.41, 5.74) is 10.2. The van der Waals surface area contributed by atoms with E-state index in [4.69, 9.17) is 10.5 Å². The molecule has 0 radical (unpaired) electrons. The zero-order valence-electron chi connectivity index (χ0n) is 12.4. The standard InChI is InChI=1S/C16H26N2O/c1-4-14-11-19-9-8-18(14)15(10-17)16-12(2)6-5-7-13(16)3/h5-7,14-15H,4,8-11,17H2,1-3H3. The maximum atomic E-state index is 6.11. The number of rotatable bonds is 4. The predicted molar refractivity (Wildman–Crippen MR) is 79.3 cm³/mol. The van der Waals surface area contributed by atoms with E-state index in [0.717, 1.165) is 26.2 Å². The van der Waals surface area contributed by atoms with Gasteiger partial charge < -0.3 is 10.5 Å². The average Bonchev–Trinajstić information content (AvgIpc) is 2.43. The summed E-state index contributed by atoms with van der Waals surface area (Å²) in [4.78, 5) is 2.54. The number of nitrogens with two attached hydrogens (primary N) is 1. The third kappa shape index (κ3) is 2.99. The molecule has 0 saturated carbocycles. The number of ether oxygens (including phenoxy) is 1. The fraction of sp³-hybridized carbons (Fsp3) is 0.625. The fourth-order valence-corrected chi connectivity index (χ4v) is 3.20. The first kappa shape index (κ1) is 14.5. The minimum atomic E-state index is 0.315. The topological polar surface area (TPSA) is 38.5 Å². The van der Waals surface area contributed by atoms with Crippen molar-refractivity contribution in [3.8, 4) is 0 Å². The van der Waals surface area contributed by atoms with Crippen molar-refractivity contribution in [3.63, 3.8) is 0 Å². The molecule has 2 unspecified atom stereocenters. The van der Waals surface area contributed by atoms with E-state index >= 15 is 0 Å². The second-order valence-electron chi connectivity index (χ2n) is 5.43. The van der Waals surface area contributed by atoms with Crippen molar-refractivity contribution in [2.45, 2.75) is 39.3 Å². The first-order valence-corrected chi connectivity index (χ1v) is 7.28. The molecule has 2 atom stereocenters. The monoisotopic (exact) mass is 262 g/mol. The zero-order chi connectivity index (χ0) is 13.8. The van der Waals surface area contributed by atoms with Crippen LogP contribution in [0.2, 0.25) is 0 Å². The summed E-state index contributed by atoms with van der Waals surface area (Å²) in [6, 6.07) is 7.30. The molecule has 1 fully saturated rings. The molecule has 0 amide bonds. The summed E-state index contributed by atoms with van der Waals surface area (Å²) < 4.78 is 5.61. The van der Waals surface area contributed by atoms with Crippen LogP contribution >= 0.6 is 0 Å². The molecule has 1 aromatic rings. The molecule has 0 aromatic heterocycles. The number of hydrogen-bond acceptors (Lipinski definition) is 3. The van der Waals surface area contributed by atoms with Crippen molar-refractivity contribution in [2.75, 3.05) is 26.3 Å². The van der Waals surface area contributed by atoms with E-state index in [1.807, 2.05) is 0 Å². The van der Waals surface area contributed by atoms with Crippen LogP contribution in [0.25, 0.3) is 0 Å². The second kappa shape index (κ2) is 6.51. The normalized spacial score (nSPS) is 22.4. The van der Waals surface area contributed by atoms with Gasteiger partial charge in [-0.05, 0) is 37.0 Å². The highest BCUT2D eigenvalue weighted by molar-refractivity contribution is 5.36. The molecule has 1 aliphatic rings. The molecule has 2 N–H and O–H groups in total. The summed E-state index contributed by atoms with van der Waals surface area (Å²) in [6.07, 6.45) is 1.11. The van der Waals surface area contributed by atoms with Crippen LogP contribution < -0.4 is 5.73 Å². The lowest BCUT2D eigenvalue weighted by Crippen LogP contribution is -2.49. The van der Waals surface area contributed by atoms with Crippen LogP contribution in [-0.4, -0.2) is 37.2 Å². The third-order valence-electron chi connectivity index (χ3n) is 4.24. The van der Waals surface area contributed by atoms with Gasteiger partial charge in [0, 0.05) is 25.2 Å². The quantitative estimate of drug-likeness (QED) is 0.905. The molecule has 106 valence electrons. The number of morpholine rings is 1. The summed E-state index contributed by atoms with van der Waals surface area (Å²) in [5, 5.41) is 0. The Balaban J connectivity index is 2.33. The number of nitrogens with zero attached hydrogens (tertiary/aromatic N) is 1. The molecular formula is C16H26N2O. The molecule has 1 heterocycles. The lowest BCUT2D eigenvalue weighted by atomic mass is 9.93. The van der Waals surface area contributed by atoms with Crippen LogP contribution in [0.5, 0.6) is 0 Å². The van der Waals surface area contributed by atoms with Gasteiger partial charge in [0.25, 0.3) is 0 Å². The van der Waals surface area contributed by atoms with Gasteiger partial charge in [0.05, 0.1) is 13.2 Å². The number of aryl methyl sites for hydroxylation is 2. The van der Waals surface area contributed by atoms with E-state index < -0.39 is 0 Å².